The topological polar surface area (TPSA) is 34.2 Å². The summed E-state index contributed by atoms with van der Waals surface area (Å²) in [5.74, 6) is 1.08. The summed E-state index contributed by atoms with van der Waals surface area (Å²) in [5.41, 5.74) is -0.174. The van der Waals surface area contributed by atoms with Gasteiger partial charge in [-0.15, -0.1) is 0 Å². The molecule has 0 radical (unpaired) electrons. The van der Waals surface area contributed by atoms with Crippen LogP contribution in [-0.4, -0.2) is 4.37 Å². The average molecular weight is 482 g/mol. The van der Waals surface area contributed by atoms with Crippen molar-refractivity contribution >= 4 is 27.4 Å². The van der Waals surface area contributed by atoms with Gasteiger partial charge in [-0.2, -0.15) is 30.7 Å². The van der Waals surface area contributed by atoms with E-state index < -0.39 is 23.5 Å². The third kappa shape index (κ3) is 5.57. The number of anilines is 1. The zero-order valence-electron chi connectivity index (χ0n) is 16.8. The van der Waals surface area contributed by atoms with Crippen LogP contribution in [0.1, 0.15) is 22.3 Å². The summed E-state index contributed by atoms with van der Waals surface area (Å²) in [7, 11) is 0. The fourth-order valence-corrected chi connectivity index (χ4v) is 3.82. The number of rotatable bonds is 6. The van der Waals surface area contributed by atoms with Crippen molar-refractivity contribution in [2.24, 2.45) is 0 Å². The van der Waals surface area contributed by atoms with Crippen LogP contribution in [0.15, 0.2) is 66.7 Å². The molecule has 0 aliphatic heterocycles. The maximum atomic E-state index is 12.7. The number of halogens is 6. The van der Waals surface area contributed by atoms with Crippen LogP contribution in [0.3, 0.4) is 0 Å². The minimum atomic E-state index is -4.39. The van der Waals surface area contributed by atoms with E-state index in [9.17, 15) is 26.3 Å². The van der Waals surface area contributed by atoms with Gasteiger partial charge < -0.3 is 10.1 Å². The normalized spacial score (nSPS) is 12.2. The smallest absolute Gasteiger partial charge is 0.416 e. The van der Waals surface area contributed by atoms with Gasteiger partial charge in [0.1, 0.15) is 18.2 Å². The lowest BCUT2D eigenvalue weighted by atomic mass is 10.1. The Hall–Kier alpha value is -3.27. The average Bonchev–Trinajstić information content (AvgIpc) is 3.18. The highest BCUT2D eigenvalue weighted by Gasteiger charge is 2.30. The van der Waals surface area contributed by atoms with E-state index in [0.717, 1.165) is 34.4 Å². The molecule has 0 amide bonds. The third-order valence-electron chi connectivity index (χ3n) is 4.87. The van der Waals surface area contributed by atoms with E-state index in [1.807, 2.05) is 6.07 Å². The number of hydrogen-bond donors (Lipinski definition) is 1. The van der Waals surface area contributed by atoms with E-state index in [2.05, 4.69) is 9.69 Å². The monoisotopic (exact) mass is 482 g/mol. The summed E-state index contributed by atoms with van der Waals surface area (Å²) in [6.45, 7) is 0.378. The predicted octanol–water partition coefficient (Wildman–Crippen LogP) is 7.53. The van der Waals surface area contributed by atoms with Gasteiger partial charge in [0, 0.05) is 11.9 Å². The molecule has 0 fully saturated rings. The molecule has 0 bridgehead atoms. The molecule has 10 heteroatoms. The van der Waals surface area contributed by atoms with Gasteiger partial charge in [-0.1, -0.05) is 24.3 Å². The molecule has 3 nitrogen and oxygen atoms in total. The van der Waals surface area contributed by atoms with Crippen molar-refractivity contribution in [2.75, 3.05) is 5.32 Å². The van der Waals surface area contributed by atoms with Gasteiger partial charge in [-0.3, -0.25) is 0 Å². The first-order valence-electron chi connectivity index (χ1n) is 9.68. The van der Waals surface area contributed by atoms with E-state index >= 15 is 0 Å². The van der Waals surface area contributed by atoms with Gasteiger partial charge in [-0.05, 0) is 65.1 Å². The second-order valence-electron chi connectivity index (χ2n) is 7.22. The number of alkyl halides is 6. The number of fused-ring (bicyclic) bond motifs is 1. The molecule has 1 aromatic heterocycles. The van der Waals surface area contributed by atoms with E-state index in [1.54, 1.807) is 12.1 Å². The van der Waals surface area contributed by atoms with Crippen LogP contribution < -0.4 is 10.1 Å². The van der Waals surface area contributed by atoms with Gasteiger partial charge >= 0.3 is 12.4 Å². The van der Waals surface area contributed by atoms with Crippen molar-refractivity contribution in [3.63, 3.8) is 0 Å². The highest BCUT2D eigenvalue weighted by Crippen LogP contribution is 2.32. The first-order chi connectivity index (χ1) is 15.6. The highest BCUT2D eigenvalue weighted by atomic mass is 32.1. The minimum Gasteiger partial charge on any atom is -0.489 e. The number of aromatic nitrogens is 1. The summed E-state index contributed by atoms with van der Waals surface area (Å²) in [5, 5.41) is 3.89. The zero-order chi connectivity index (χ0) is 23.6. The predicted molar refractivity (Wildman–Crippen MR) is 114 cm³/mol. The lowest BCUT2D eigenvalue weighted by molar-refractivity contribution is -0.138. The number of nitrogens with one attached hydrogen (secondary N) is 1. The van der Waals surface area contributed by atoms with Crippen molar-refractivity contribution in [1.29, 1.82) is 0 Å². The van der Waals surface area contributed by atoms with Crippen molar-refractivity contribution in [1.82, 2.24) is 4.37 Å². The highest BCUT2D eigenvalue weighted by molar-refractivity contribution is 7.13. The largest absolute Gasteiger partial charge is 0.489 e. The van der Waals surface area contributed by atoms with Gasteiger partial charge in [0.2, 0.25) is 0 Å². The third-order valence-corrected chi connectivity index (χ3v) is 5.70. The van der Waals surface area contributed by atoms with E-state index in [0.29, 0.717) is 22.7 Å². The molecular formula is C23H16F6N2OS. The number of nitrogens with zero attached hydrogens (tertiary/aromatic N) is 1. The summed E-state index contributed by atoms with van der Waals surface area (Å²) in [6.07, 6.45) is -8.77. The van der Waals surface area contributed by atoms with Crippen molar-refractivity contribution < 1.29 is 31.1 Å². The Balaban J connectivity index is 1.42. The SMILES string of the molecule is FC(F)(F)c1ccc(CNc2nsc3ccc(OCc4ccc(C(F)(F)F)cc4)cc23)cc1. The van der Waals surface area contributed by atoms with Gasteiger partial charge in [-0.25, -0.2) is 0 Å². The molecule has 172 valence electrons. The molecule has 1 N–H and O–H groups in total. The number of hydrogen-bond acceptors (Lipinski definition) is 4. The Kier molecular flexibility index (Phi) is 6.20. The Morgan fingerprint density at radius 3 is 1.91 bits per heavy atom. The second kappa shape index (κ2) is 8.93. The molecule has 4 rings (SSSR count). The molecule has 0 spiro atoms. The van der Waals surface area contributed by atoms with Crippen molar-refractivity contribution in [3.8, 4) is 5.75 Å². The van der Waals surface area contributed by atoms with Crippen LogP contribution in [0.25, 0.3) is 10.1 Å². The minimum absolute atomic E-state index is 0.0928. The molecule has 0 unspecified atom stereocenters. The molecule has 0 aliphatic rings. The van der Waals surface area contributed by atoms with Crippen LogP contribution in [-0.2, 0) is 25.5 Å². The van der Waals surface area contributed by atoms with Crippen LogP contribution in [0.5, 0.6) is 5.75 Å². The summed E-state index contributed by atoms with van der Waals surface area (Å²) < 4.78 is 87.1. The Bertz CT molecular complexity index is 1230. The van der Waals surface area contributed by atoms with E-state index in [-0.39, 0.29) is 13.2 Å². The molecule has 0 saturated heterocycles. The first kappa shape index (κ1) is 22.9. The van der Waals surface area contributed by atoms with Crippen LogP contribution >= 0.6 is 11.5 Å². The molecule has 0 saturated carbocycles. The number of ether oxygens (including phenoxy) is 1. The second-order valence-corrected chi connectivity index (χ2v) is 8.03. The fourth-order valence-electron chi connectivity index (χ4n) is 3.09. The van der Waals surface area contributed by atoms with Gasteiger partial charge in [0.25, 0.3) is 0 Å². The maximum Gasteiger partial charge on any atom is 0.416 e. The van der Waals surface area contributed by atoms with Crippen molar-refractivity contribution in [3.05, 3.63) is 89.0 Å². The fraction of sp³-hybridized carbons (Fsp3) is 0.174. The van der Waals surface area contributed by atoms with E-state index in [4.69, 9.17) is 4.74 Å². The maximum absolute atomic E-state index is 12.7. The van der Waals surface area contributed by atoms with Gasteiger partial charge in [0.05, 0.1) is 15.8 Å². The molecule has 0 aliphatic carbocycles. The molecule has 3 aromatic carbocycles. The number of benzene rings is 3. The lowest BCUT2D eigenvalue weighted by Crippen LogP contribution is -2.05. The Morgan fingerprint density at radius 2 is 1.33 bits per heavy atom. The Morgan fingerprint density at radius 1 is 0.758 bits per heavy atom. The van der Waals surface area contributed by atoms with Crippen LogP contribution in [0, 0.1) is 0 Å². The van der Waals surface area contributed by atoms with Crippen LogP contribution in [0.4, 0.5) is 32.2 Å². The zero-order valence-corrected chi connectivity index (χ0v) is 17.6. The summed E-state index contributed by atoms with van der Waals surface area (Å²) >= 11 is 1.26. The van der Waals surface area contributed by atoms with Gasteiger partial charge in [0.15, 0.2) is 0 Å². The molecular weight excluding hydrogens is 466 g/mol. The quantitative estimate of drug-likeness (QED) is 0.289. The first-order valence-corrected chi connectivity index (χ1v) is 10.5. The molecule has 33 heavy (non-hydrogen) atoms. The van der Waals surface area contributed by atoms with E-state index in [1.165, 1.54) is 35.8 Å². The summed E-state index contributed by atoms with van der Waals surface area (Å²) in [4.78, 5) is 0. The van der Waals surface area contributed by atoms with Crippen LogP contribution in [0.2, 0.25) is 0 Å². The molecule has 0 atom stereocenters. The standard InChI is InChI=1S/C23H16F6N2OS/c24-22(25,26)16-5-1-14(2-6-16)12-30-21-19-11-18(9-10-20(19)33-31-21)32-13-15-3-7-17(8-4-15)23(27,28)29/h1-11H,12-13H2,(H,30,31). The van der Waals surface area contributed by atoms with Crippen molar-refractivity contribution in [2.45, 2.75) is 25.5 Å². The lowest BCUT2D eigenvalue weighted by Gasteiger charge is -2.10. The summed E-state index contributed by atoms with van der Waals surface area (Å²) in [6, 6.07) is 14.9. The molecule has 1 heterocycles. The molecule has 4 aromatic rings. The Labute approximate surface area is 188 Å².